The quantitative estimate of drug-likeness (QED) is 0.625. The molecule has 1 aromatic rings. The average molecular weight is 377 g/mol. The zero-order valence-corrected chi connectivity index (χ0v) is 14.8. The summed E-state index contributed by atoms with van der Waals surface area (Å²) in [6.45, 7) is 3.16. The lowest BCUT2D eigenvalue weighted by Gasteiger charge is -2.12. The number of rotatable bonds is 5. The van der Waals surface area contributed by atoms with Crippen molar-refractivity contribution in [2.24, 2.45) is 5.41 Å². The Morgan fingerprint density at radius 3 is 2.52 bits per heavy atom. The third-order valence-electron chi connectivity index (χ3n) is 3.66. The van der Waals surface area contributed by atoms with E-state index in [2.05, 4.69) is 0 Å². The third-order valence-corrected chi connectivity index (χ3v) is 5.81. The van der Waals surface area contributed by atoms with E-state index >= 15 is 0 Å². The van der Waals surface area contributed by atoms with Crippen molar-refractivity contribution in [3.63, 3.8) is 0 Å². The number of alkyl halides is 2. The van der Waals surface area contributed by atoms with Crippen molar-refractivity contribution in [2.75, 3.05) is 12.3 Å². The van der Waals surface area contributed by atoms with Crippen LogP contribution < -0.4 is 5.73 Å². The number of nitrogen functional groups attached to an aromatic ring is 1. The molecule has 6 nitrogen and oxygen atoms in total. The molecular weight excluding hydrogens is 363 g/mol. The SMILES string of the molecule is CCOC(=O)c1sc(N)c(C#N)c1COC(=O)[C@]1(C)CC1(Cl)Cl. The summed E-state index contributed by atoms with van der Waals surface area (Å²) in [5.74, 6) is -1.20. The van der Waals surface area contributed by atoms with Gasteiger partial charge in [-0.1, -0.05) is 0 Å². The summed E-state index contributed by atoms with van der Waals surface area (Å²) in [7, 11) is 0. The van der Waals surface area contributed by atoms with Crippen LogP contribution in [0.1, 0.15) is 41.1 Å². The van der Waals surface area contributed by atoms with Gasteiger partial charge in [0, 0.05) is 12.0 Å². The van der Waals surface area contributed by atoms with Gasteiger partial charge in [-0.2, -0.15) is 5.26 Å². The van der Waals surface area contributed by atoms with Crippen LogP contribution in [0.15, 0.2) is 0 Å². The highest BCUT2D eigenvalue weighted by molar-refractivity contribution is 7.18. The second kappa shape index (κ2) is 6.19. The number of hydrogen-bond acceptors (Lipinski definition) is 7. The smallest absolute Gasteiger partial charge is 0.348 e. The highest BCUT2D eigenvalue weighted by Gasteiger charge is 2.69. The van der Waals surface area contributed by atoms with Crippen molar-refractivity contribution in [3.8, 4) is 6.07 Å². The monoisotopic (exact) mass is 376 g/mol. The van der Waals surface area contributed by atoms with Gasteiger partial charge in [0.2, 0.25) is 0 Å². The Morgan fingerprint density at radius 2 is 2.04 bits per heavy atom. The number of carbonyl (C=O) groups is 2. The first-order chi connectivity index (χ1) is 10.7. The number of thiophene rings is 1. The predicted molar refractivity (Wildman–Crippen MR) is 86.4 cm³/mol. The molecule has 1 aliphatic rings. The van der Waals surface area contributed by atoms with E-state index in [1.807, 2.05) is 6.07 Å². The van der Waals surface area contributed by atoms with E-state index in [0.29, 0.717) is 0 Å². The first kappa shape index (κ1) is 17.9. The summed E-state index contributed by atoms with van der Waals surface area (Å²) < 4.78 is 8.97. The molecule has 0 unspecified atom stereocenters. The Labute approximate surface area is 147 Å². The Morgan fingerprint density at radius 1 is 1.43 bits per heavy atom. The fraction of sp³-hybridized carbons (Fsp3) is 0.500. The van der Waals surface area contributed by atoms with Gasteiger partial charge in [-0.3, -0.25) is 4.79 Å². The minimum Gasteiger partial charge on any atom is -0.462 e. The number of hydrogen-bond donors (Lipinski definition) is 1. The summed E-state index contributed by atoms with van der Waals surface area (Å²) in [6, 6.07) is 1.91. The molecule has 1 aliphatic carbocycles. The topological polar surface area (TPSA) is 102 Å². The molecule has 1 saturated carbocycles. The van der Waals surface area contributed by atoms with E-state index in [1.165, 1.54) is 0 Å². The number of nitrogens with zero attached hydrogens (tertiary/aromatic N) is 1. The van der Waals surface area contributed by atoms with Gasteiger partial charge in [-0.25, -0.2) is 4.79 Å². The molecule has 1 heterocycles. The van der Waals surface area contributed by atoms with Crippen LogP contribution in [0.2, 0.25) is 0 Å². The zero-order valence-electron chi connectivity index (χ0n) is 12.4. The first-order valence-corrected chi connectivity index (χ1v) is 8.28. The van der Waals surface area contributed by atoms with Crippen LogP contribution in [-0.2, 0) is 20.9 Å². The zero-order chi connectivity index (χ0) is 17.4. The maximum absolute atomic E-state index is 12.1. The predicted octanol–water partition coefficient (Wildman–Crippen LogP) is 3.01. The van der Waals surface area contributed by atoms with Gasteiger partial charge in [0.05, 0.1) is 12.2 Å². The Bertz CT molecular complexity index is 710. The lowest BCUT2D eigenvalue weighted by molar-refractivity contribution is -0.150. The molecule has 2 rings (SSSR count). The summed E-state index contributed by atoms with van der Waals surface area (Å²) in [5.41, 5.74) is 5.09. The van der Waals surface area contributed by atoms with Crippen molar-refractivity contribution < 1.29 is 19.1 Å². The molecule has 0 amide bonds. The molecule has 0 aliphatic heterocycles. The largest absolute Gasteiger partial charge is 0.462 e. The van der Waals surface area contributed by atoms with Crippen LogP contribution in [0.3, 0.4) is 0 Å². The van der Waals surface area contributed by atoms with Crippen molar-refractivity contribution in [1.82, 2.24) is 0 Å². The normalized spacial score (nSPS) is 21.3. The molecule has 1 fully saturated rings. The first-order valence-electron chi connectivity index (χ1n) is 6.71. The summed E-state index contributed by atoms with van der Waals surface area (Å²) in [6.07, 6.45) is 0.281. The molecule has 2 N–H and O–H groups in total. The van der Waals surface area contributed by atoms with Crippen LogP contribution >= 0.6 is 34.5 Å². The van der Waals surface area contributed by atoms with Crippen molar-refractivity contribution in [1.29, 1.82) is 5.26 Å². The van der Waals surface area contributed by atoms with Crippen molar-refractivity contribution >= 4 is 51.5 Å². The number of carbonyl (C=O) groups excluding carboxylic acids is 2. The maximum atomic E-state index is 12.1. The number of halogens is 2. The van der Waals surface area contributed by atoms with Gasteiger partial charge >= 0.3 is 11.9 Å². The molecule has 1 aromatic heterocycles. The van der Waals surface area contributed by atoms with Gasteiger partial charge in [-0.05, 0) is 13.8 Å². The minimum atomic E-state index is -1.15. The molecule has 124 valence electrons. The lowest BCUT2D eigenvalue weighted by Crippen LogP contribution is -2.21. The Kier molecular flexibility index (Phi) is 4.81. The second-order valence-corrected chi connectivity index (χ2v) is 7.81. The number of anilines is 1. The molecule has 0 spiro atoms. The van der Waals surface area contributed by atoms with E-state index in [4.69, 9.17) is 38.4 Å². The second-order valence-electron chi connectivity index (χ2n) is 5.27. The highest BCUT2D eigenvalue weighted by Crippen LogP contribution is 2.64. The Balaban J connectivity index is 2.21. The maximum Gasteiger partial charge on any atom is 0.348 e. The summed E-state index contributed by atoms with van der Waals surface area (Å²) >= 11 is 12.8. The van der Waals surface area contributed by atoms with E-state index in [1.54, 1.807) is 13.8 Å². The number of nitrogens with two attached hydrogens (primary N) is 1. The molecule has 0 radical (unpaired) electrons. The van der Waals surface area contributed by atoms with Crippen LogP contribution in [0.4, 0.5) is 5.00 Å². The molecule has 0 saturated heterocycles. The van der Waals surface area contributed by atoms with Crippen LogP contribution in [-0.4, -0.2) is 22.9 Å². The minimum absolute atomic E-state index is 0.106. The van der Waals surface area contributed by atoms with Crippen LogP contribution in [0, 0.1) is 16.7 Å². The molecule has 23 heavy (non-hydrogen) atoms. The standard InChI is InChI=1S/C14H14Cl2N2O4S/c1-3-21-11(19)9-8(7(4-17)10(18)23-9)5-22-12(20)13(2)6-14(13,15)16/h3,5-6,18H2,1-2H3/t13-/m0/s1. The van der Waals surface area contributed by atoms with Gasteiger partial charge in [0.25, 0.3) is 0 Å². The molecule has 0 bridgehead atoms. The molecule has 9 heteroatoms. The summed E-state index contributed by atoms with van der Waals surface area (Å²) in [5, 5.41) is 9.36. The fourth-order valence-electron chi connectivity index (χ4n) is 2.02. The van der Waals surface area contributed by atoms with Crippen molar-refractivity contribution in [3.05, 3.63) is 16.0 Å². The third kappa shape index (κ3) is 3.11. The molecule has 0 aromatic carbocycles. The van der Waals surface area contributed by atoms with Crippen molar-refractivity contribution in [2.45, 2.75) is 31.2 Å². The fourth-order valence-corrected chi connectivity index (χ4v) is 3.63. The molecular formula is C14H14Cl2N2O4S. The highest BCUT2D eigenvalue weighted by atomic mass is 35.5. The van der Waals surface area contributed by atoms with Crippen LogP contribution in [0.5, 0.6) is 0 Å². The number of nitriles is 1. The lowest BCUT2D eigenvalue weighted by atomic mass is 10.1. The Hall–Kier alpha value is -1.49. The number of ether oxygens (including phenoxy) is 2. The van der Waals surface area contributed by atoms with E-state index in [-0.39, 0.29) is 40.6 Å². The van der Waals surface area contributed by atoms with E-state index in [0.717, 1.165) is 11.3 Å². The average Bonchev–Trinajstić information content (AvgIpc) is 2.85. The van der Waals surface area contributed by atoms with E-state index < -0.39 is 21.7 Å². The van der Waals surface area contributed by atoms with Crippen LogP contribution in [0.25, 0.3) is 0 Å². The molecule has 1 atom stereocenters. The van der Waals surface area contributed by atoms with E-state index in [9.17, 15) is 14.9 Å². The summed E-state index contributed by atoms with van der Waals surface area (Å²) in [4.78, 5) is 24.2. The van der Waals surface area contributed by atoms with Gasteiger partial charge in [0.15, 0.2) is 0 Å². The van der Waals surface area contributed by atoms with Gasteiger partial charge in [-0.15, -0.1) is 34.5 Å². The van der Waals surface area contributed by atoms with Gasteiger partial charge in [0.1, 0.15) is 32.3 Å². The van der Waals surface area contributed by atoms with Gasteiger partial charge < -0.3 is 15.2 Å². The number of esters is 2.